The molecule has 2 unspecified atom stereocenters. The highest BCUT2D eigenvalue weighted by Gasteiger charge is 2.34. The van der Waals surface area contributed by atoms with Crippen LogP contribution in [0.2, 0.25) is 0 Å². The van der Waals surface area contributed by atoms with Gasteiger partial charge >= 0.3 is 12.1 Å². The number of carboxylic acids is 1. The van der Waals surface area contributed by atoms with Crippen molar-refractivity contribution in [3.63, 3.8) is 0 Å². The summed E-state index contributed by atoms with van der Waals surface area (Å²) in [6.45, 7) is 0.177. The lowest BCUT2D eigenvalue weighted by atomic mass is 9.98. The van der Waals surface area contributed by atoms with Gasteiger partial charge in [-0.15, -0.1) is 0 Å². The number of carbonyl (C=O) groups is 3. The van der Waals surface area contributed by atoms with Gasteiger partial charge in [0.2, 0.25) is 0 Å². The van der Waals surface area contributed by atoms with Crippen molar-refractivity contribution >= 4 is 34.4 Å². The van der Waals surface area contributed by atoms with Crippen LogP contribution in [0.3, 0.4) is 0 Å². The number of carboxylic acid groups (broad SMARTS) is 1. The van der Waals surface area contributed by atoms with Crippen molar-refractivity contribution in [2.45, 2.75) is 31.2 Å². The molecule has 0 aliphatic heterocycles. The van der Waals surface area contributed by atoms with E-state index in [1.54, 1.807) is 0 Å². The molecular formula is C25H23N3O5S. The smallest absolute Gasteiger partial charge is 0.413 e. The van der Waals surface area contributed by atoms with Crippen molar-refractivity contribution in [2.24, 2.45) is 5.92 Å². The van der Waals surface area contributed by atoms with Crippen LogP contribution in [0.1, 0.15) is 46.0 Å². The molecule has 5 rings (SSSR count). The highest BCUT2D eigenvalue weighted by Crippen LogP contribution is 2.44. The summed E-state index contributed by atoms with van der Waals surface area (Å²) in [6, 6.07) is 15.8. The van der Waals surface area contributed by atoms with Crippen molar-refractivity contribution in [2.75, 3.05) is 11.9 Å². The highest BCUT2D eigenvalue weighted by molar-refractivity contribution is 7.17. The largest absolute Gasteiger partial charge is 0.481 e. The number of nitrogens with one attached hydrogen (secondary N) is 2. The van der Waals surface area contributed by atoms with Gasteiger partial charge in [0.05, 0.1) is 12.1 Å². The van der Waals surface area contributed by atoms with Gasteiger partial charge in [0, 0.05) is 12.0 Å². The van der Waals surface area contributed by atoms with E-state index in [4.69, 9.17) is 4.74 Å². The minimum Gasteiger partial charge on any atom is -0.481 e. The highest BCUT2D eigenvalue weighted by atomic mass is 32.1. The molecule has 174 valence electrons. The first-order valence-electron chi connectivity index (χ1n) is 11.1. The number of amides is 2. The molecule has 34 heavy (non-hydrogen) atoms. The fraction of sp³-hybridized carbons (Fsp3) is 0.280. The lowest BCUT2D eigenvalue weighted by Gasteiger charge is -2.16. The molecule has 0 radical (unpaired) electrons. The molecule has 0 spiro atoms. The Morgan fingerprint density at radius 1 is 1.03 bits per heavy atom. The van der Waals surface area contributed by atoms with E-state index >= 15 is 0 Å². The molecule has 1 heterocycles. The lowest BCUT2D eigenvalue weighted by Crippen LogP contribution is -2.39. The Morgan fingerprint density at radius 2 is 1.71 bits per heavy atom. The van der Waals surface area contributed by atoms with E-state index in [1.807, 2.05) is 36.4 Å². The second-order valence-electron chi connectivity index (χ2n) is 8.44. The summed E-state index contributed by atoms with van der Waals surface area (Å²) in [5.74, 6) is -1.92. The van der Waals surface area contributed by atoms with Gasteiger partial charge in [0.1, 0.15) is 11.5 Å². The molecule has 2 aliphatic rings. The fourth-order valence-corrected chi connectivity index (χ4v) is 5.53. The Kier molecular flexibility index (Phi) is 6.02. The Bertz CT molecular complexity index is 1210. The predicted octanol–water partition coefficient (Wildman–Crippen LogP) is 4.49. The van der Waals surface area contributed by atoms with Crippen LogP contribution in [0.25, 0.3) is 11.1 Å². The Balaban J connectivity index is 1.19. The maximum atomic E-state index is 12.5. The van der Waals surface area contributed by atoms with Gasteiger partial charge in [-0.2, -0.15) is 0 Å². The van der Waals surface area contributed by atoms with E-state index in [2.05, 4.69) is 27.8 Å². The number of benzene rings is 2. The zero-order valence-electron chi connectivity index (χ0n) is 18.2. The summed E-state index contributed by atoms with van der Waals surface area (Å²) < 4.78 is 5.51. The van der Waals surface area contributed by atoms with E-state index in [0.717, 1.165) is 40.0 Å². The van der Waals surface area contributed by atoms with E-state index in [9.17, 15) is 19.5 Å². The van der Waals surface area contributed by atoms with Crippen LogP contribution in [0, 0.1) is 5.92 Å². The maximum absolute atomic E-state index is 12.5. The molecule has 8 nitrogen and oxygen atoms in total. The molecule has 1 fully saturated rings. The third-order valence-electron chi connectivity index (χ3n) is 6.43. The molecule has 1 saturated carbocycles. The molecule has 2 amide bonds. The summed E-state index contributed by atoms with van der Waals surface area (Å²) >= 11 is 1.02. The number of anilines is 1. The third-order valence-corrected chi connectivity index (χ3v) is 7.34. The summed E-state index contributed by atoms with van der Waals surface area (Å²) in [5.41, 5.74) is 4.54. The first kappa shape index (κ1) is 22.1. The average Bonchev–Trinajstić information content (AvgIpc) is 3.56. The molecule has 2 atom stereocenters. The van der Waals surface area contributed by atoms with Gasteiger partial charge in [-0.05, 0) is 35.1 Å². The minimum absolute atomic E-state index is 0.0515. The molecule has 0 saturated heterocycles. The first-order valence-corrected chi connectivity index (χ1v) is 11.9. The van der Waals surface area contributed by atoms with Crippen LogP contribution in [0.5, 0.6) is 0 Å². The maximum Gasteiger partial charge on any atom is 0.413 e. The van der Waals surface area contributed by atoms with Crippen LogP contribution >= 0.6 is 11.3 Å². The van der Waals surface area contributed by atoms with E-state index in [1.165, 1.54) is 6.20 Å². The van der Waals surface area contributed by atoms with Crippen molar-refractivity contribution in [3.8, 4) is 11.1 Å². The van der Waals surface area contributed by atoms with Crippen molar-refractivity contribution in [1.82, 2.24) is 10.3 Å². The van der Waals surface area contributed by atoms with Gasteiger partial charge in [-0.25, -0.2) is 9.78 Å². The summed E-state index contributed by atoms with van der Waals surface area (Å²) in [7, 11) is 0. The van der Waals surface area contributed by atoms with Crippen LogP contribution in [0.15, 0.2) is 54.7 Å². The molecule has 9 heteroatoms. The molecule has 3 N–H and O–H groups in total. The molecule has 3 aromatic rings. The normalized spacial score (nSPS) is 18.7. The third kappa shape index (κ3) is 4.26. The average molecular weight is 478 g/mol. The van der Waals surface area contributed by atoms with Gasteiger partial charge in [0.25, 0.3) is 5.91 Å². The Labute approximate surface area is 200 Å². The van der Waals surface area contributed by atoms with E-state index < -0.39 is 29.9 Å². The fourth-order valence-electron chi connectivity index (χ4n) is 4.83. The molecule has 0 bridgehead atoms. The first-order chi connectivity index (χ1) is 16.5. The minimum atomic E-state index is -0.898. The number of thiazole rings is 1. The second-order valence-corrected chi connectivity index (χ2v) is 9.47. The lowest BCUT2D eigenvalue weighted by molar-refractivity contribution is -0.142. The van der Waals surface area contributed by atoms with Crippen LogP contribution in [0.4, 0.5) is 9.93 Å². The topological polar surface area (TPSA) is 118 Å². The van der Waals surface area contributed by atoms with E-state index in [-0.39, 0.29) is 17.7 Å². The molecule has 2 aliphatic carbocycles. The quantitative estimate of drug-likeness (QED) is 0.482. The zero-order chi connectivity index (χ0) is 23.7. The number of nitrogens with zero attached hydrogens (tertiary/aromatic N) is 1. The molecule has 1 aromatic heterocycles. The number of carbonyl (C=O) groups excluding carboxylic acids is 2. The molecule has 2 aromatic carbocycles. The Hall–Kier alpha value is -3.72. The van der Waals surface area contributed by atoms with E-state index in [0.29, 0.717) is 17.7 Å². The Morgan fingerprint density at radius 3 is 2.38 bits per heavy atom. The number of aliphatic carboxylic acids is 1. The number of aromatic nitrogens is 1. The van der Waals surface area contributed by atoms with Crippen molar-refractivity contribution < 1.29 is 24.2 Å². The van der Waals surface area contributed by atoms with Crippen LogP contribution in [-0.4, -0.2) is 40.7 Å². The van der Waals surface area contributed by atoms with Crippen LogP contribution in [-0.2, 0) is 9.53 Å². The standard InChI is InChI=1S/C25H23N3O5S/c29-22(27-20-11-5-10-18(20)23(30)31)21-12-26-24(34-21)28-25(32)33-13-19-16-8-3-1-6-14(16)15-7-2-4-9-17(15)19/h1-4,6-9,12,18-20H,5,10-11,13H2,(H,27,29)(H,30,31)(H,26,28,32). The monoisotopic (exact) mass is 477 g/mol. The summed E-state index contributed by atoms with van der Waals surface area (Å²) in [4.78, 5) is 40.7. The number of ether oxygens (including phenoxy) is 1. The second kappa shape index (κ2) is 9.26. The summed E-state index contributed by atoms with van der Waals surface area (Å²) in [5, 5.41) is 14.9. The van der Waals surface area contributed by atoms with Gasteiger partial charge in [0.15, 0.2) is 5.13 Å². The van der Waals surface area contributed by atoms with Gasteiger partial charge in [-0.3, -0.25) is 14.9 Å². The van der Waals surface area contributed by atoms with Crippen molar-refractivity contribution in [3.05, 3.63) is 70.7 Å². The number of fused-ring (bicyclic) bond motifs is 3. The van der Waals surface area contributed by atoms with Gasteiger partial charge in [-0.1, -0.05) is 66.3 Å². The zero-order valence-corrected chi connectivity index (χ0v) is 19.0. The number of rotatable bonds is 6. The predicted molar refractivity (Wildman–Crippen MR) is 127 cm³/mol. The van der Waals surface area contributed by atoms with Gasteiger partial charge < -0.3 is 15.2 Å². The number of hydrogen-bond donors (Lipinski definition) is 3. The SMILES string of the molecule is O=C(Nc1ncc(C(=O)NC2CCCC2C(=O)O)s1)OCC1c2ccccc2-c2ccccc21. The summed E-state index contributed by atoms with van der Waals surface area (Å²) in [6.07, 6.45) is 2.66. The van der Waals surface area contributed by atoms with Crippen molar-refractivity contribution in [1.29, 1.82) is 0 Å². The molecular weight excluding hydrogens is 454 g/mol. The van der Waals surface area contributed by atoms with Crippen LogP contribution < -0.4 is 10.6 Å². The number of hydrogen-bond acceptors (Lipinski definition) is 6.